The van der Waals surface area contributed by atoms with Crippen LogP contribution in [0.1, 0.15) is 31.7 Å². The number of hydrogen-bond acceptors (Lipinski definition) is 5. The minimum atomic E-state index is -0.317. The topological polar surface area (TPSA) is 84.7 Å². The molecule has 0 spiro atoms. The van der Waals surface area contributed by atoms with Gasteiger partial charge in [0, 0.05) is 37.0 Å². The minimum Gasteiger partial charge on any atom is -0.465 e. The lowest BCUT2D eigenvalue weighted by Gasteiger charge is -2.31. The van der Waals surface area contributed by atoms with Crippen molar-refractivity contribution in [1.29, 1.82) is 0 Å². The molecule has 0 radical (unpaired) electrons. The van der Waals surface area contributed by atoms with Gasteiger partial charge in [0.25, 0.3) is 0 Å². The molecule has 27 heavy (non-hydrogen) atoms. The molecule has 1 aromatic carbocycles. The Bertz CT molecular complexity index is 815. The van der Waals surface area contributed by atoms with Crippen LogP contribution in [0, 0.1) is 0 Å². The highest BCUT2D eigenvalue weighted by Crippen LogP contribution is 2.35. The van der Waals surface area contributed by atoms with Crippen LogP contribution in [0.3, 0.4) is 0 Å². The quantitative estimate of drug-likeness (QED) is 0.754. The fourth-order valence-corrected chi connectivity index (χ4v) is 3.45. The number of hydrogen-bond donors (Lipinski definition) is 1. The maximum Gasteiger partial charge on any atom is 0.327 e. The lowest BCUT2D eigenvalue weighted by molar-refractivity contribution is -0.144. The molecule has 7 nitrogen and oxygen atoms in total. The Labute approximate surface area is 158 Å². The third-order valence-electron chi connectivity index (χ3n) is 4.64. The summed E-state index contributed by atoms with van der Waals surface area (Å²) in [4.78, 5) is 26.0. The average Bonchev–Trinajstić information content (AvgIpc) is 3.13. The highest BCUT2D eigenvalue weighted by atomic mass is 16.5. The number of carbonyl (C=O) groups excluding carboxylic acids is 2. The van der Waals surface area contributed by atoms with E-state index in [1.54, 1.807) is 17.8 Å². The fraction of sp³-hybridized carbons (Fsp3) is 0.450. The Hall–Kier alpha value is -2.67. The molecule has 1 aliphatic heterocycles. The van der Waals surface area contributed by atoms with Crippen LogP contribution in [0.4, 0.5) is 5.69 Å². The standard InChI is InChI=1S/C20H25N3O4/c1-2-27-20(26)14-22-13-15(12-21-22)16-6-3-8-18-17(16)7-4-10-23(18)19(25)9-5-11-24/h3,6,8,12-13,24H,2,4-5,7,9-11,14H2,1H3. The Balaban J connectivity index is 1.85. The van der Waals surface area contributed by atoms with Crippen molar-refractivity contribution in [3.8, 4) is 11.1 Å². The zero-order valence-electron chi connectivity index (χ0n) is 15.6. The Morgan fingerprint density at radius 2 is 2.19 bits per heavy atom. The van der Waals surface area contributed by atoms with Crippen LogP contribution < -0.4 is 4.90 Å². The third kappa shape index (κ3) is 4.36. The molecule has 2 heterocycles. The minimum absolute atomic E-state index is 0.0200. The summed E-state index contributed by atoms with van der Waals surface area (Å²) < 4.78 is 6.53. The van der Waals surface area contributed by atoms with E-state index in [1.807, 2.05) is 29.3 Å². The molecule has 144 valence electrons. The normalized spacial score (nSPS) is 13.3. The number of carbonyl (C=O) groups is 2. The second-order valence-electron chi connectivity index (χ2n) is 6.51. The molecule has 0 atom stereocenters. The molecule has 3 rings (SSSR count). The summed E-state index contributed by atoms with van der Waals surface area (Å²) in [6.07, 6.45) is 6.17. The zero-order chi connectivity index (χ0) is 19.2. The third-order valence-corrected chi connectivity index (χ3v) is 4.64. The number of benzene rings is 1. The van der Waals surface area contributed by atoms with Gasteiger partial charge in [-0.05, 0) is 43.4 Å². The van der Waals surface area contributed by atoms with Crippen LogP contribution in [-0.4, -0.2) is 46.5 Å². The van der Waals surface area contributed by atoms with Crippen molar-refractivity contribution in [3.05, 3.63) is 36.2 Å². The number of ether oxygens (including phenoxy) is 1. The van der Waals surface area contributed by atoms with Gasteiger partial charge in [0.15, 0.2) is 0 Å². The maximum atomic E-state index is 12.5. The molecule has 7 heteroatoms. The van der Waals surface area contributed by atoms with Crippen molar-refractivity contribution in [2.75, 3.05) is 24.7 Å². The monoisotopic (exact) mass is 371 g/mol. The second kappa shape index (κ2) is 8.81. The van der Waals surface area contributed by atoms with Gasteiger partial charge in [-0.25, -0.2) is 0 Å². The van der Waals surface area contributed by atoms with Crippen LogP contribution >= 0.6 is 0 Å². The largest absolute Gasteiger partial charge is 0.465 e. The van der Waals surface area contributed by atoms with E-state index < -0.39 is 0 Å². The van der Waals surface area contributed by atoms with Crippen LogP contribution in [-0.2, 0) is 27.3 Å². The molecular formula is C20H25N3O4. The summed E-state index contributed by atoms with van der Waals surface area (Å²) in [5.41, 5.74) is 4.00. The van der Waals surface area contributed by atoms with E-state index in [-0.39, 0.29) is 25.0 Å². The van der Waals surface area contributed by atoms with Crippen molar-refractivity contribution < 1.29 is 19.4 Å². The summed E-state index contributed by atoms with van der Waals surface area (Å²) in [5, 5.41) is 13.3. The van der Waals surface area contributed by atoms with Gasteiger partial charge in [-0.15, -0.1) is 0 Å². The van der Waals surface area contributed by atoms with Crippen molar-refractivity contribution in [1.82, 2.24) is 9.78 Å². The number of anilines is 1. The predicted molar refractivity (Wildman–Crippen MR) is 101 cm³/mol. The van der Waals surface area contributed by atoms with E-state index in [0.717, 1.165) is 35.2 Å². The maximum absolute atomic E-state index is 12.5. The summed E-state index contributed by atoms with van der Waals surface area (Å²) in [7, 11) is 0. The highest BCUT2D eigenvalue weighted by Gasteiger charge is 2.24. The first-order chi connectivity index (χ1) is 13.1. The summed E-state index contributed by atoms with van der Waals surface area (Å²) in [6.45, 7) is 2.92. The van der Waals surface area contributed by atoms with E-state index >= 15 is 0 Å². The van der Waals surface area contributed by atoms with Crippen LogP contribution in [0.15, 0.2) is 30.6 Å². The molecule has 0 saturated carbocycles. The lowest BCUT2D eigenvalue weighted by atomic mass is 9.93. The molecular weight excluding hydrogens is 346 g/mol. The molecule has 1 amide bonds. The van der Waals surface area contributed by atoms with Gasteiger partial charge in [-0.1, -0.05) is 12.1 Å². The Morgan fingerprint density at radius 1 is 1.33 bits per heavy atom. The van der Waals surface area contributed by atoms with E-state index in [1.165, 1.54) is 0 Å². The number of aliphatic hydroxyl groups excluding tert-OH is 1. The molecule has 0 saturated heterocycles. The van der Waals surface area contributed by atoms with Gasteiger partial charge in [0.1, 0.15) is 6.54 Å². The predicted octanol–water partition coefficient (Wildman–Crippen LogP) is 2.16. The van der Waals surface area contributed by atoms with Crippen LogP contribution in [0.2, 0.25) is 0 Å². The summed E-state index contributed by atoms with van der Waals surface area (Å²) in [5.74, 6) is -0.275. The molecule has 1 aliphatic rings. The molecule has 1 N–H and O–H groups in total. The van der Waals surface area contributed by atoms with Crippen LogP contribution in [0.5, 0.6) is 0 Å². The van der Waals surface area contributed by atoms with E-state index in [4.69, 9.17) is 9.84 Å². The lowest BCUT2D eigenvalue weighted by Crippen LogP contribution is -2.35. The number of esters is 1. The number of nitrogens with zero attached hydrogens (tertiary/aromatic N) is 3. The van der Waals surface area contributed by atoms with Crippen molar-refractivity contribution >= 4 is 17.6 Å². The number of rotatable bonds is 7. The Kier molecular flexibility index (Phi) is 6.24. The SMILES string of the molecule is CCOC(=O)Cn1cc(-c2cccc3c2CCCN3C(=O)CCCO)cn1. The molecule has 2 aromatic rings. The van der Waals surface area contributed by atoms with Gasteiger partial charge in [-0.3, -0.25) is 14.3 Å². The van der Waals surface area contributed by atoms with E-state index in [9.17, 15) is 9.59 Å². The van der Waals surface area contributed by atoms with Crippen molar-refractivity contribution in [2.24, 2.45) is 0 Å². The smallest absolute Gasteiger partial charge is 0.327 e. The first-order valence-electron chi connectivity index (χ1n) is 9.35. The van der Waals surface area contributed by atoms with Crippen LogP contribution in [0.25, 0.3) is 11.1 Å². The molecule has 1 aromatic heterocycles. The molecule has 0 unspecified atom stereocenters. The van der Waals surface area contributed by atoms with E-state index in [0.29, 0.717) is 26.0 Å². The van der Waals surface area contributed by atoms with Gasteiger partial charge >= 0.3 is 5.97 Å². The second-order valence-corrected chi connectivity index (χ2v) is 6.51. The number of fused-ring (bicyclic) bond motifs is 1. The summed E-state index contributed by atoms with van der Waals surface area (Å²) in [6, 6.07) is 5.93. The Morgan fingerprint density at radius 3 is 2.96 bits per heavy atom. The van der Waals surface area contributed by atoms with Crippen molar-refractivity contribution in [3.63, 3.8) is 0 Å². The van der Waals surface area contributed by atoms with E-state index in [2.05, 4.69) is 5.10 Å². The number of aliphatic hydroxyl groups is 1. The van der Waals surface area contributed by atoms with Gasteiger partial charge in [-0.2, -0.15) is 5.10 Å². The summed E-state index contributed by atoms with van der Waals surface area (Å²) >= 11 is 0. The van der Waals surface area contributed by atoms with Gasteiger partial charge in [0.05, 0.1) is 12.8 Å². The molecule has 0 bridgehead atoms. The zero-order valence-corrected chi connectivity index (χ0v) is 15.6. The number of aromatic nitrogens is 2. The fourth-order valence-electron chi connectivity index (χ4n) is 3.45. The first kappa shape index (κ1) is 19.1. The first-order valence-corrected chi connectivity index (χ1v) is 9.35. The molecule has 0 aliphatic carbocycles. The number of amides is 1. The van der Waals surface area contributed by atoms with Gasteiger partial charge in [0.2, 0.25) is 5.91 Å². The van der Waals surface area contributed by atoms with Gasteiger partial charge < -0.3 is 14.7 Å². The average molecular weight is 371 g/mol. The van der Waals surface area contributed by atoms with Crippen molar-refractivity contribution in [2.45, 2.75) is 39.2 Å². The molecule has 0 fully saturated rings. The highest BCUT2D eigenvalue weighted by molar-refractivity contribution is 5.96.